The van der Waals surface area contributed by atoms with Gasteiger partial charge >= 0.3 is 0 Å². The minimum Gasteiger partial charge on any atom is -0.507 e. The van der Waals surface area contributed by atoms with E-state index < -0.39 is 0 Å². The highest BCUT2D eigenvalue weighted by Crippen LogP contribution is 2.35. The lowest BCUT2D eigenvalue weighted by atomic mass is 10.1. The normalized spacial score (nSPS) is 11.2. The third-order valence-electron chi connectivity index (χ3n) is 5.30. The van der Waals surface area contributed by atoms with Crippen molar-refractivity contribution in [3.63, 3.8) is 0 Å². The summed E-state index contributed by atoms with van der Waals surface area (Å²) in [4.78, 5) is 17.2. The molecular formula is C25H20BrN5O2S2. The molecule has 0 saturated carbocycles. The Morgan fingerprint density at radius 2 is 1.94 bits per heavy atom. The number of aromatic nitrogens is 4. The van der Waals surface area contributed by atoms with Gasteiger partial charge in [0.05, 0.1) is 27.2 Å². The molecule has 1 amide bonds. The molecular weight excluding hydrogens is 546 g/mol. The van der Waals surface area contributed by atoms with Crippen molar-refractivity contribution >= 4 is 60.3 Å². The molecule has 2 N–H and O–H groups in total. The highest BCUT2D eigenvalue weighted by molar-refractivity contribution is 9.10. The van der Waals surface area contributed by atoms with Crippen LogP contribution in [0.15, 0.2) is 70.3 Å². The van der Waals surface area contributed by atoms with Crippen LogP contribution in [-0.4, -0.2) is 36.5 Å². The van der Waals surface area contributed by atoms with Gasteiger partial charge in [-0.2, -0.15) is 0 Å². The number of phenolic OH excluding ortho intramolecular Hbond substituents is 1. The number of carbonyl (C=O) groups excluding carboxylic acids is 1. The second-order valence-corrected chi connectivity index (χ2v) is 10.8. The van der Waals surface area contributed by atoms with Crippen LogP contribution in [0.5, 0.6) is 5.75 Å². The van der Waals surface area contributed by atoms with Gasteiger partial charge in [-0.25, -0.2) is 4.98 Å². The molecule has 0 fully saturated rings. The minimum atomic E-state index is -0.184. The van der Waals surface area contributed by atoms with E-state index in [1.165, 1.54) is 23.1 Å². The van der Waals surface area contributed by atoms with Gasteiger partial charge in [0, 0.05) is 4.47 Å². The van der Waals surface area contributed by atoms with E-state index >= 15 is 0 Å². The van der Waals surface area contributed by atoms with Crippen LogP contribution in [-0.2, 0) is 4.79 Å². The molecule has 0 saturated heterocycles. The van der Waals surface area contributed by atoms with E-state index in [0.29, 0.717) is 21.7 Å². The summed E-state index contributed by atoms with van der Waals surface area (Å²) in [6, 6.07) is 19.0. The maximum absolute atomic E-state index is 12.7. The lowest BCUT2D eigenvalue weighted by molar-refractivity contribution is -0.113. The van der Waals surface area contributed by atoms with Crippen molar-refractivity contribution in [2.45, 2.75) is 19.0 Å². The number of hydrogen-bond donors (Lipinski definition) is 2. The van der Waals surface area contributed by atoms with Gasteiger partial charge in [-0.15, -0.1) is 10.2 Å². The molecule has 176 valence electrons. The molecule has 5 rings (SSSR count). The first kappa shape index (κ1) is 23.5. The minimum absolute atomic E-state index is 0.0942. The summed E-state index contributed by atoms with van der Waals surface area (Å²) < 4.78 is 3.71. The molecule has 0 radical (unpaired) electrons. The predicted octanol–water partition coefficient (Wildman–Crippen LogP) is 6.36. The van der Waals surface area contributed by atoms with E-state index in [2.05, 4.69) is 42.5 Å². The Labute approximate surface area is 218 Å². The highest BCUT2D eigenvalue weighted by atomic mass is 79.9. The molecule has 0 aliphatic carbocycles. The average molecular weight is 567 g/mol. The highest BCUT2D eigenvalue weighted by Gasteiger charge is 2.21. The Bertz CT molecular complexity index is 1530. The number of phenols is 1. The van der Waals surface area contributed by atoms with Crippen molar-refractivity contribution < 1.29 is 9.90 Å². The predicted molar refractivity (Wildman–Crippen MR) is 145 cm³/mol. The number of halogens is 1. The van der Waals surface area contributed by atoms with Gasteiger partial charge in [0.1, 0.15) is 5.75 Å². The first-order valence-corrected chi connectivity index (χ1v) is 13.3. The number of thiazole rings is 1. The fourth-order valence-electron chi connectivity index (χ4n) is 3.71. The number of anilines is 1. The van der Waals surface area contributed by atoms with Gasteiger partial charge in [-0.1, -0.05) is 68.9 Å². The van der Waals surface area contributed by atoms with Crippen molar-refractivity contribution in [1.82, 2.24) is 19.7 Å². The molecule has 5 aromatic rings. The maximum Gasteiger partial charge on any atom is 0.236 e. The van der Waals surface area contributed by atoms with Gasteiger partial charge in [0.2, 0.25) is 5.91 Å². The first-order chi connectivity index (χ1) is 16.9. The standard InChI is InChI=1S/C25H20BrN5O2S2/c1-14-7-9-19(15(2)11-14)31-23(17-12-16(26)8-10-20(17)32)29-30-25(31)34-13-22(33)28-24-27-18-5-3-4-6-21(18)35-24/h3-12,32H,13H2,1-2H3,(H,27,28,33). The maximum atomic E-state index is 12.7. The molecule has 2 heterocycles. The van der Waals surface area contributed by atoms with Gasteiger partial charge < -0.3 is 10.4 Å². The number of thioether (sulfide) groups is 1. The fraction of sp³-hybridized carbons (Fsp3) is 0.120. The van der Waals surface area contributed by atoms with Crippen LogP contribution in [0, 0.1) is 13.8 Å². The Morgan fingerprint density at radius 1 is 1.11 bits per heavy atom. The lowest BCUT2D eigenvalue weighted by Crippen LogP contribution is -2.14. The Hall–Kier alpha value is -3.21. The number of nitrogens with one attached hydrogen (secondary N) is 1. The van der Waals surface area contributed by atoms with Crippen molar-refractivity contribution in [2.24, 2.45) is 0 Å². The summed E-state index contributed by atoms with van der Waals surface area (Å²) in [7, 11) is 0. The third kappa shape index (κ3) is 4.95. The van der Waals surface area contributed by atoms with Crippen LogP contribution in [0.1, 0.15) is 11.1 Å². The van der Waals surface area contributed by atoms with Crippen LogP contribution in [0.3, 0.4) is 0 Å². The Morgan fingerprint density at radius 3 is 2.74 bits per heavy atom. The zero-order valence-corrected chi connectivity index (χ0v) is 22.0. The Kier molecular flexibility index (Phi) is 6.59. The third-order valence-corrected chi connectivity index (χ3v) is 7.67. The first-order valence-electron chi connectivity index (χ1n) is 10.7. The van der Waals surface area contributed by atoms with Gasteiger partial charge in [-0.3, -0.25) is 9.36 Å². The van der Waals surface area contributed by atoms with Gasteiger partial charge in [0.15, 0.2) is 16.1 Å². The topological polar surface area (TPSA) is 92.9 Å². The molecule has 0 spiro atoms. The molecule has 10 heteroatoms. The number of benzene rings is 3. The van der Waals surface area contributed by atoms with Crippen LogP contribution in [0.25, 0.3) is 27.3 Å². The molecule has 7 nitrogen and oxygen atoms in total. The fourth-order valence-corrected chi connectivity index (χ4v) is 5.70. The summed E-state index contributed by atoms with van der Waals surface area (Å²) in [6.07, 6.45) is 0. The summed E-state index contributed by atoms with van der Waals surface area (Å²) in [5.74, 6) is 0.529. The number of carbonyl (C=O) groups is 1. The number of hydrogen-bond acceptors (Lipinski definition) is 7. The molecule has 0 atom stereocenters. The summed E-state index contributed by atoms with van der Waals surface area (Å²) in [5.41, 5.74) is 4.44. The molecule has 35 heavy (non-hydrogen) atoms. The van der Waals surface area contributed by atoms with Gasteiger partial charge in [-0.05, 0) is 55.8 Å². The second kappa shape index (κ2) is 9.80. The molecule has 0 bridgehead atoms. The van der Waals surface area contributed by atoms with Crippen LogP contribution in [0.2, 0.25) is 0 Å². The average Bonchev–Trinajstić information content (AvgIpc) is 3.43. The van der Waals surface area contributed by atoms with Crippen molar-refractivity contribution in [2.75, 3.05) is 11.1 Å². The second-order valence-electron chi connectivity index (χ2n) is 7.92. The monoisotopic (exact) mass is 565 g/mol. The number of amides is 1. The number of aromatic hydroxyl groups is 1. The van der Waals surface area contributed by atoms with Crippen LogP contribution < -0.4 is 5.32 Å². The quantitative estimate of drug-likeness (QED) is 0.233. The molecule has 0 unspecified atom stereocenters. The SMILES string of the molecule is Cc1ccc(-n2c(SCC(=O)Nc3nc4ccccc4s3)nnc2-c2cc(Br)ccc2O)c(C)c1. The van der Waals surface area contributed by atoms with E-state index in [4.69, 9.17) is 0 Å². The van der Waals surface area contributed by atoms with E-state index in [9.17, 15) is 9.90 Å². The van der Waals surface area contributed by atoms with E-state index in [0.717, 1.165) is 31.5 Å². The van der Waals surface area contributed by atoms with Crippen molar-refractivity contribution in [3.8, 4) is 22.8 Å². The molecule has 3 aromatic carbocycles. The molecule has 2 aromatic heterocycles. The van der Waals surface area contributed by atoms with E-state index in [-0.39, 0.29) is 17.4 Å². The largest absolute Gasteiger partial charge is 0.507 e. The lowest BCUT2D eigenvalue weighted by Gasteiger charge is -2.14. The smallest absolute Gasteiger partial charge is 0.236 e. The number of fused-ring (bicyclic) bond motifs is 1. The van der Waals surface area contributed by atoms with Crippen molar-refractivity contribution in [1.29, 1.82) is 0 Å². The van der Waals surface area contributed by atoms with Crippen LogP contribution in [0.4, 0.5) is 5.13 Å². The summed E-state index contributed by atoms with van der Waals surface area (Å²) >= 11 is 6.18. The number of aryl methyl sites for hydroxylation is 2. The summed E-state index contributed by atoms with van der Waals surface area (Å²) in [6.45, 7) is 4.05. The van der Waals surface area contributed by atoms with E-state index in [1.54, 1.807) is 18.2 Å². The van der Waals surface area contributed by atoms with Crippen LogP contribution >= 0.6 is 39.0 Å². The van der Waals surface area contributed by atoms with E-state index in [1.807, 2.05) is 54.8 Å². The van der Waals surface area contributed by atoms with Crippen molar-refractivity contribution in [3.05, 3.63) is 76.3 Å². The number of nitrogens with zero attached hydrogens (tertiary/aromatic N) is 4. The Balaban J connectivity index is 1.45. The zero-order valence-electron chi connectivity index (χ0n) is 18.8. The zero-order chi connectivity index (χ0) is 24.5. The number of para-hydroxylation sites is 1. The summed E-state index contributed by atoms with van der Waals surface area (Å²) in [5, 5.41) is 23.3. The molecule has 0 aliphatic heterocycles. The van der Waals surface area contributed by atoms with Gasteiger partial charge in [0.25, 0.3) is 0 Å². The molecule has 0 aliphatic rings. The number of rotatable bonds is 6.